The second-order valence-corrected chi connectivity index (χ2v) is 4.63. The molecular weight excluding hydrogens is 250 g/mol. The molecule has 1 aliphatic heterocycles. The fourth-order valence-corrected chi connectivity index (χ4v) is 2.28. The van der Waals surface area contributed by atoms with Crippen molar-refractivity contribution >= 4 is 22.5 Å². The number of alkyl halides is 1. The molecule has 0 saturated carbocycles. The van der Waals surface area contributed by atoms with Crippen molar-refractivity contribution in [3.05, 3.63) is 36.0 Å². The Labute approximate surface area is 111 Å². The Morgan fingerprint density at radius 1 is 1.39 bits per heavy atom. The van der Waals surface area contributed by atoms with E-state index >= 15 is 0 Å². The van der Waals surface area contributed by atoms with Gasteiger partial charge in [-0.1, -0.05) is 12.1 Å². The van der Waals surface area contributed by atoms with E-state index < -0.39 is 0 Å². The Morgan fingerprint density at radius 3 is 3.06 bits per heavy atom. The maximum atomic E-state index is 6.01. The summed E-state index contributed by atoms with van der Waals surface area (Å²) in [4.78, 5) is 4.49. The predicted molar refractivity (Wildman–Crippen MR) is 71.2 cm³/mol. The van der Waals surface area contributed by atoms with Gasteiger partial charge in [0.25, 0.3) is 0 Å². The van der Waals surface area contributed by atoms with E-state index in [9.17, 15) is 0 Å². The van der Waals surface area contributed by atoms with Crippen molar-refractivity contribution in [1.82, 2.24) is 4.98 Å². The zero-order valence-corrected chi connectivity index (χ0v) is 10.7. The molecule has 1 aliphatic rings. The van der Waals surface area contributed by atoms with Gasteiger partial charge in [0.05, 0.1) is 30.3 Å². The van der Waals surface area contributed by atoms with Crippen LogP contribution in [0.25, 0.3) is 10.9 Å². The fraction of sp³-hybridized carbons (Fsp3) is 0.357. The molecule has 0 N–H and O–H groups in total. The molecule has 1 fully saturated rings. The molecule has 1 saturated heterocycles. The van der Waals surface area contributed by atoms with E-state index in [4.69, 9.17) is 21.1 Å². The van der Waals surface area contributed by atoms with Gasteiger partial charge in [-0.25, -0.2) is 0 Å². The van der Waals surface area contributed by atoms with Crippen LogP contribution in [0.2, 0.25) is 0 Å². The molecule has 0 spiro atoms. The number of rotatable bonds is 3. The summed E-state index contributed by atoms with van der Waals surface area (Å²) in [6.45, 7) is 1.43. The normalized spacial score (nSPS) is 19.3. The van der Waals surface area contributed by atoms with Gasteiger partial charge in [0.2, 0.25) is 0 Å². The van der Waals surface area contributed by atoms with Crippen molar-refractivity contribution in [3.63, 3.8) is 0 Å². The minimum Gasteiger partial charge on any atom is -0.487 e. The zero-order valence-electron chi connectivity index (χ0n) is 9.93. The monoisotopic (exact) mass is 263 g/mol. The molecule has 1 unspecified atom stereocenters. The van der Waals surface area contributed by atoms with Crippen LogP contribution in [0.15, 0.2) is 30.3 Å². The maximum absolute atomic E-state index is 6.01. The van der Waals surface area contributed by atoms with Crippen LogP contribution >= 0.6 is 11.6 Å². The van der Waals surface area contributed by atoms with E-state index in [1.165, 1.54) is 0 Å². The third-order valence-electron chi connectivity index (χ3n) is 3.05. The fourth-order valence-electron chi connectivity index (χ4n) is 2.15. The molecule has 1 atom stereocenters. The van der Waals surface area contributed by atoms with E-state index in [-0.39, 0.29) is 6.10 Å². The first-order chi connectivity index (χ1) is 8.86. The number of benzene rings is 1. The number of fused-ring (bicyclic) bond motifs is 1. The molecule has 3 nitrogen and oxygen atoms in total. The molecule has 3 rings (SSSR count). The number of hydrogen-bond acceptors (Lipinski definition) is 3. The number of halogens is 1. The van der Waals surface area contributed by atoms with Gasteiger partial charge in [-0.05, 0) is 12.1 Å². The first-order valence-electron chi connectivity index (χ1n) is 6.06. The number of hydrogen-bond donors (Lipinski definition) is 0. The summed E-state index contributed by atoms with van der Waals surface area (Å²) in [5.41, 5.74) is 1.76. The van der Waals surface area contributed by atoms with Gasteiger partial charge in [0.15, 0.2) is 0 Å². The minimum absolute atomic E-state index is 0.138. The van der Waals surface area contributed by atoms with E-state index in [0.717, 1.165) is 35.4 Å². The van der Waals surface area contributed by atoms with Crippen LogP contribution in [0, 0.1) is 0 Å². The van der Waals surface area contributed by atoms with Crippen LogP contribution in [-0.2, 0) is 10.6 Å². The number of nitrogens with zero attached hydrogens (tertiary/aromatic N) is 1. The average Bonchev–Trinajstić information content (AvgIpc) is 2.91. The summed E-state index contributed by atoms with van der Waals surface area (Å²) in [6, 6.07) is 9.88. The van der Waals surface area contributed by atoms with Crippen LogP contribution in [-0.4, -0.2) is 24.3 Å². The Morgan fingerprint density at radius 2 is 2.28 bits per heavy atom. The van der Waals surface area contributed by atoms with Crippen molar-refractivity contribution in [2.45, 2.75) is 18.4 Å². The van der Waals surface area contributed by atoms with Crippen LogP contribution in [0.5, 0.6) is 5.75 Å². The average molecular weight is 264 g/mol. The summed E-state index contributed by atoms with van der Waals surface area (Å²) in [6.07, 6.45) is 1.08. The molecule has 18 heavy (non-hydrogen) atoms. The van der Waals surface area contributed by atoms with E-state index in [2.05, 4.69) is 4.98 Å². The SMILES string of the molecule is ClCc1cc(OC2CCOC2)c2ccccc2n1. The molecule has 4 heteroatoms. The van der Waals surface area contributed by atoms with Gasteiger partial charge in [0, 0.05) is 17.9 Å². The second kappa shape index (κ2) is 5.12. The molecule has 1 aromatic heterocycles. The second-order valence-electron chi connectivity index (χ2n) is 4.37. The molecule has 1 aromatic carbocycles. The van der Waals surface area contributed by atoms with E-state index in [1.54, 1.807) is 0 Å². The Balaban J connectivity index is 2.01. The van der Waals surface area contributed by atoms with Gasteiger partial charge in [-0.15, -0.1) is 11.6 Å². The largest absolute Gasteiger partial charge is 0.487 e. The van der Waals surface area contributed by atoms with Gasteiger partial charge >= 0.3 is 0 Å². The topological polar surface area (TPSA) is 31.4 Å². The van der Waals surface area contributed by atoms with Crippen LogP contribution in [0.3, 0.4) is 0 Å². The maximum Gasteiger partial charge on any atom is 0.131 e. The van der Waals surface area contributed by atoms with Crippen molar-refractivity contribution in [2.75, 3.05) is 13.2 Å². The molecule has 0 radical (unpaired) electrons. The van der Waals surface area contributed by atoms with Gasteiger partial charge in [0.1, 0.15) is 11.9 Å². The molecule has 0 aliphatic carbocycles. The third-order valence-corrected chi connectivity index (χ3v) is 3.32. The molecule has 94 valence electrons. The lowest BCUT2D eigenvalue weighted by atomic mass is 10.2. The van der Waals surface area contributed by atoms with Gasteiger partial charge < -0.3 is 9.47 Å². The number of ether oxygens (including phenoxy) is 2. The quantitative estimate of drug-likeness (QED) is 0.798. The molecule has 2 aromatic rings. The molecule has 0 amide bonds. The standard InChI is InChI=1S/C14H14ClNO2/c15-8-10-7-14(18-11-5-6-17-9-11)12-3-1-2-4-13(12)16-10/h1-4,7,11H,5-6,8-9H2. The van der Waals surface area contributed by atoms with Crippen molar-refractivity contribution < 1.29 is 9.47 Å². The summed E-state index contributed by atoms with van der Waals surface area (Å²) in [5, 5.41) is 1.03. The molecular formula is C14H14ClNO2. The lowest BCUT2D eigenvalue weighted by molar-refractivity contribution is 0.142. The lowest BCUT2D eigenvalue weighted by Crippen LogP contribution is -2.16. The third kappa shape index (κ3) is 2.28. The summed E-state index contributed by atoms with van der Waals surface area (Å²) in [7, 11) is 0. The summed E-state index contributed by atoms with van der Waals surface area (Å²) < 4.78 is 11.3. The highest BCUT2D eigenvalue weighted by Crippen LogP contribution is 2.28. The molecule has 0 bridgehead atoms. The highest BCUT2D eigenvalue weighted by Gasteiger charge is 2.18. The van der Waals surface area contributed by atoms with Crippen LogP contribution in [0.4, 0.5) is 0 Å². The van der Waals surface area contributed by atoms with Crippen LogP contribution < -0.4 is 4.74 Å². The summed E-state index contributed by atoms with van der Waals surface area (Å²) in [5.74, 6) is 1.24. The first-order valence-corrected chi connectivity index (χ1v) is 6.59. The number of para-hydroxylation sites is 1. The zero-order chi connectivity index (χ0) is 12.4. The highest BCUT2D eigenvalue weighted by molar-refractivity contribution is 6.17. The van der Waals surface area contributed by atoms with E-state index in [1.807, 2.05) is 30.3 Å². The summed E-state index contributed by atoms with van der Waals surface area (Å²) >= 11 is 5.87. The lowest BCUT2D eigenvalue weighted by Gasteiger charge is -2.14. The number of pyridine rings is 1. The van der Waals surface area contributed by atoms with Gasteiger partial charge in [-0.3, -0.25) is 4.98 Å². The van der Waals surface area contributed by atoms with Crippen molar-refractivity contribution in [1.29, 1.82) is 0 Å². The van der Waals surface area contributed by atoms with Crippen molar-refractivity contribution in [2.24, 2.45) is 0 Å². The molecule has 2 heterocycles. The Hall–Kier alpha value is -1.32. The Kier molecular flexibility index (Phi) is 3.35. The van der Waals surface area contributed by atoms with E-state index in [0.29, 0.717) is 12.5 Å². The Bertz CT molecular complexity index is 552. The minimum atomic E-state index is 0.138. The highest BCUT2D eigenvalue weighted by atomic mass is 35.5. The first kappa shape index (κ1) is 11.8. The van der Waals surface area contributed by atoms with Crippen molar-refractivity contribution in [3.8, 4) is 5.75 Å². The predicted octanol–water partition coefficient (Wildman–Crippen LogP) is 3.14. The van der Waals surface area contributed by atoms with Gasteiger partial charge in [-0.2, -0.15) is 0 Å². The smallest absolute Gasteiger partial charge is 0.131 e. The number of aromatic nitrogens is 1. The van der Waals surface area contributed by atoms with Crippen LogP contribution in [0.1, 0.15) is 12.1 Å².